The minimum atomic E-state index is -0.740. The van der Waals surface area contributed by atoms with Crippen LogP contribution in [0.5, 0.6) is 0 Å². The molecule has 0 bridgehead atoms. The number of nitrogens with zero attached hydrogens (tertiary/aromatic N) is 5. The van der Waals surface area contributed by atoms with Crippen molar-refractivity contribution in [1.82, 2.24) is 14.5 Å². The van der Waals surface area contributed by atoms with Gasteiger partial charge < -0.3 is 4.57 Å². The molecule has 2 aromatic rings. The molecule has 1 aliphatic rings. The number of rotatable bonds is 4. The second kappa shape index (κ2) is 5.92. The molecule has 0 radical (unpaired) electrons. The molecule has 1 aromatic heterocycles. The molecule has 0 spiro atoms. The van der Waals surface area contributed by atoms with E-state index < -0.39 is 21.2 Å². The number of fused-ring (bicyclic) bond motifs is 1. The number of imidazole rings is 1. The molecule has 1 aliphatic heterocycles. The Bertz CT molecular complexity index is 779. The van der Waals surface area contributed by atoms with Crippen LogP contribution in [-0.4, -0.2) is 37.4 Å². The van der Waals surface area contributed by atoms with E-state index >= 15 is 0 Å². The second-order valence-electron chi connectivity index (χ2n) is 5.75. The van der Waals surface area contributed by atoms with Crippen molar-refractivity contribution in [2.45, 2.75) is 32.9 Å². The summed E-state index contributed by atoms with van der Waals surface area (Å²) in [5, 5.41) is 22.2. The highest BCUT2D eigenvalue weighted by Crippen LogP contribution is 2.32. The summed E-state index contributed by atoms with van der Waals surface area (Å²) in [5.74, 6) is 0.695. The van der Waals surface area contributed by atoms with Gasteiger partial charge in [-0.25, -0.2) is 4.98 Å². The van der Waals surface area contributed by atoms with Gasteiger partial charge in [-0.15, -0.1) is 0 Å². The lowest BCUT2D eigenvalue weighted by molar-refractivity contribution is -0.422. The Kier molecular flexibility index (Phi) is 3.95. The van der Waals surface area contributed by atoms with Crippen molar-refractivity contribution >= 4 is 22.4 Å². The number of aryl methyl sites for hydroxylation is 1. The minimum absolute atomic E-state index is 0.414. The highest BCUT2D eigenvalue weighted by molar-refractivity contribution is 5.83. The first kappa shape index (κ1) is 15.3. The monoisotopic (exact) mass is 319 g/mol. The molecular formula is C14H17N5O4. The van der Waals surface area contributed by atoms with E-state index in [1.807, 2.05) is 11.5 Å². The summed E-state index contributed by atoms with van der Waals surface area (Å²) in [6, 6.07) is 2.45. The number of benzene rings is 1. The molecule has 0 aliphatic carbocycles. The molecule has 9 heteroatoms. The molecule has 2 heterocycles. The number of nitro benzene ring substituents is 2. The van der Waals surface area contributed by atoms with Gasteiger partial charge in [-0.05, 0) is 32.9 Å². The maximum Gasteiger partial charge on any atom is 0.348 e. The number of hydrogen-bond acceptors (Lipinski definition) is 6. The van der Waals surface area contributed by atoms with Gasteiger partial charge >= 0.3 is 11.4 Å². The molecule has 1 saturated heterocycles. The first-order valence-electron chi connectivity index (χ1n) is 7.49. The first-order valence-corrected chi connectivity index (χ1v) is 7.49. The molecule has 0 unspecified atom stereocenters. The van der Waals surface area contributed by atoms with Crippen molar-refractivity contribution in [3.8, 4) is 0 Å². The topological polar surface area (TPSA) is 107 Å². The van der Waals surface area contributed by atoms with Crippen LogP contribution in [0.4, 0.5) is 11.4 Å². The molecule has 0 amide bonds. The molecule has 9 nitrogen and oxygen atoms in total. The van der Waals surface area contributed by atoms with Crippen LogP contribution in [0, 0.1) is 27.2 Å². The number of hydrogen-bond donors (Lipinski definition) is 0. The molecule has 3 rings (SSSR count). The summed E-state index contributed by atoms with van der Waals surface area (Å²) in [7, 11) is 0. The fraction of sp³-hybridized carbons (Fsp3) is 0.500. The van der Waals surface area contributed by atoms with E-state index in [-0.39, 0.29) is 0 Å². The van der Waals surface area contributed by atoms with Crippen molar-refractivity contribution in [2.24, 2.45) is 0 Å². The largest absolute Gasteiger partial charge is 0.348 e. The van der Waals surface area contributed by atoms with Gasteiger partial charge in [0.05, 0.1) is 33.6 Å². The third-order valence-electron chi connectivity index (χ3n) is 4.22. The van der Waals surface area contributed by atoms with E-state index in [0.717, 1.165) is 25.9 Å². The minimum Gasteiger partial charge on any atom is -0.314 e. The first-order chi connectivity index (χ1) is 11.0. The predicted molar refractivity (Wildman–Crippen MR) is 83.2 cm³/mol. The van der Waals surface area contributed by atoms with E-state index in [1.54, 1.807) is 0 Å². The van der Waals surface area contributed by atoms with Crippen molar-refractivity contribution in [2.75, 3.05) is 13.1 Å². The van der Waals surface area contributed by atoms with E-state index in [9.17, 15) is 20.2 Å². The van der Waals surface area contributed by atoms with Gasteiger partial charge in [0, 0.05) is 6.07 Å². The van der Waals surface area contributed by atoms with Crippen LogP contribution >= 0.6 is 0 Å². The van der Waals surface area contributed by atoms with Crippen LogP contribution in [0.2, 0.25) is 0 Å². The van der Waals surface area contributed by atoms with E-state index in [0.29, 0.717) is 23.5 Å². The summed E-state index contributed by atoms with van der Waals surface area (Å²) in [6.07, 6.45) is 3.49. The average Bonchev–Trinajstić information content (AvgIpc) is 2.82. The SMILES string of the molecule is Cc1nc2cc([N+](=O)[O-])c([N+](=O)[O-])cc2n1CN1CCCCC1. The van der Waals surface area contributed by atoms with Gasteiger partial charge in [0.15, 0.2) is 0 Å². The Morgan fingerprint density at radius 2 is 1.70 bits per heavy atom. The Morgan fingerprint density at radius 3 is 2.30 bits per heavy atom. The van der Waals surface area contributed by atoms with Crippen molar-refractivity contribution in [1.29, 1.82) is 0 Å². The maximum absolute atomic E-state index is 11.1. The lowest BCUT2D eigenvalue weighted by atomic mass is 10.1. The standard InChI is InChI=1S/C14H17N5O4/c1-10-15-11-7-13(18(20)21)14(19(22)23)8-12(11)17(10)9-16-5-3-2-4-6-16/h7-8H,2-6,9H2,1H3. The predicted octanol–water partition coefficient (Wildman–Crippen LogP) is 2.60. The van der Waals surface area contributed by atoms with Crippen LogP contribution in [0.3, 0.4) is 0 Å². The van der Waals surface area contributed by atoms with Crippen molar-refractivity contribution in [3.63, 3.8) is 0 Å². The molecular weight excluding hydrogens is 302 g/mol. The highest BCUT2D eigenvalue weighted by atomic mass is 16.6. The van der Waals surface area contributed by atoms with Gasteiger partial charge in [0.2, 0.25) is 0 Å². The third kappa shape index (κ3) is 2.87. The maximum atomic E-state index is 11.1. The van der Waals surface area contributed by atoms with Crippen LogP contribution in [0.15, 0.2) is 12.1 Å². The zero-order valence-electron chi connectivity index (χ0n) is 12.8. The van der Waals surface area contributed by atoms with Gasteiger partial charge in [-0.2, -0.15) is 0 Å². The Labute approximate surface area is 131 Å². The molecule has 0 atom stereocenters. The molecule has 122 valence electrons. The molecule has 0 N–H and O–H groups in total. The van der Waals surface area contributed by atoms with Crippen molar-refractivity contribution in [3.05, 3.63) is 38.2 Å². The number of likely N-dealkylation sites (tertiary alicyclic amines) is 1. The lowest BCUT2D eigenvalue weighted by Gasteiger charge is -2.27. The summed E-state index contributed by atoms with van der Waals surface area (Å²) >= 11 is 0. The van der Waals surface area contributed by atoms with Gasteiger partial charge in [-0.3, -0.25) is 25.1 Å². The van der Waals surface area contributed by atoms with E-state index in [4.69, 9.17) is 0 Å². The Hall–Kier alpha value is -2.55. The highest BCUT2D eigenvalue weighted by Gasteiger charge is 2.27. The Morgan fingerprint density at radius 1 is 1.09 bits per heavy atom. The second-order valence-corrected chi connectivity index (χ2v) is 5.75. The van der Waals surface area contributed by atoms with E-state index in [2.05, 4.69) is 9.88 Å². The van der Waals surface area contributed by atoms with Gasteiger partial charge in [0.25, 0.3) is 0 Å². The fourth-order valence-corrected chi connectivity index (χ4v) is 3.04. The normalized spacial score (nSPS) is 15.9. The smallest absolute Gasteiger partial charge is 0.314 e. The van der Waals surface area contributed by atoms with E-state index in [1.165, 1.54) is 18.6 Å². The Balaban J connectivity index is 2.07. The number of aromatic nitrogens is 2. The molecule has 0 saturated carbocycles. The number of piperidine rings is 1. The summed E-state index contributed by atoms with van der Waals surface area (Å²) in [6.45, 7) is 4.36. The zero-order valence-corrected chi connectivity index (χ0v) is 12.8. The van der Waals surface area contributed by atoms with Crippen LogP contribution in [0.25, 0.3) is 11.0 Å². The molecule has 1 fully saturated rings. The van der Waals surface area contributed by atoms with Crippen LogP contribution in [-0.2, 0) is 6.67 Å². The van der Waals surface area contributed by atoms with Crippen molar-refractivity contribution < 1.29 is 9.85 Å². The van der Waals surface area contributed by atoms with Gasteiger partial charge in [0.1, 0.15) is 5.82 Å². The quantitative estimate of drug-likeness (QED) is 0.633. The molecule has 1 aromatic carbocycles. The van der Waals surface area contributed by atoms with Crippen LogP contribution < -0.4 is 0 Å². The van der Waals surface area contributed by atoms with Crippen LogP contribution in [0.1, 0.15) is 25.1 Å². The third-order valence-corrected chi connectivity index (χ3v) is 4.22. The van der Waals surface area contributed by atoms with Gasteiger partial charge in [-0.1, -0.05) is 6.42 Å². The number of nitro groups is 2. The zero-order chi connectivity index (χ0) is 16.6. The average molecular weight is 319 g/mol. The lowest BCUT2D eigenvalue weighted by Crippen LogP contribution is -2.32. The molecule has 23 heavy (non-hydrogen) atoms. The fourth-order valence-electron chi connectivity index (χ4n) is 3.04. The summed E-state index contributed by atoms with van der Waals surface area (Å²) in [5.41, 5.74) is -0.0467. The summed E-state index contributed by atoms with van der Waals surface area (Å²) in [4.78, 5) is 27.3. The summed E-state index contributed by atoms with van der Waals surface area (Å²) < 4.78 is 1.89.